The number of nitrogens with zero attached hydrogens (tertiary/aromatic N) is 3. The maximum Gasteiger partial charge on any atom is 0.433 e. The minimum absolute atomic E-state index is 0.113. The molecule has 0 aliphatic heterocycles. The van der Waals surface area contributed by atoms with E-state index in [0.717, 1.165) is 21.9 Å². The van der Waals surface area contributed by atoms with E-state index < -0.39 is 17.8 Å². The van der Waals surface area contributed by atoms with Gasteiger partial charge in [-0.2, -0.15) is 18.3 Å². The summed E-state index contributed by atoms with van der Waals surface area (Å²) in [6.45, 7) is 0. The Morgan fingerprint density at radius 2 is 1.92 bits per heavy atom. The van der Waals surface area contributed by atoms with Crippen molar-refractivity contribution in [2.45, 2.75) is 6.18 Å². The van der Waals surface area contributed by atoms with Crippen molar-refractivity contribution in [3.8, 4) is 16.4 Å². The van der Waals surface area contributed by atoms with E-state index in [1.165, 1.54) is 5.38 Å². The van der Waals surface area contributed by atoms with Gasteiger partial charge in [0.2, 0.25) is 5.13 Å². The van der Waals surface area contributed by atoms with Crippen LogP contribution in [0.3, 0.4) is 0 Å². The van der Waals surface area contributed by atoms with Crippen LogP contribution >= 0.6 is 27.3 Å². The van der Waals surface area contributed by atoms with Gasteiger partial charge in [-0.1, -0.05) is 28.1 Å². The number of carbonyl (C=O) groups is 1. The number of alkyl halides is 3. The Labute approximate surface area is 145 Å². The Bertz CT molecular complexity index is 903. The van der Waals surface area contributed by atoms with Crippen molar-refractivity contribution in [2.75, 3.05) is 0 Å². The first-order chi connectivity index (χ1) is 11.3. The highest BCUT2D eigenvalue weighted by Gasteiger charge is 2.37. The molecule has 0 aliphatic rings. The Kier molecular flexibility index (Phi) is 4.18. The molecular formula is C14H7BrF3N3O2S. The van der Waals surface area contributed by atoms with Crippen LogP contribution < -0.4 is 0 Å². The quantitative estimate of drug-likeness (QED) is 0.682. The van der Waals surface area contributed by atoms with E-state index >= 15 is 0 Å². The number of hydrogen-bond acceptors (Lipinski definition) is 4. The summed E-state index contributed by atoms with van der Waals surface area (Å²) in [4.78, 5) is 14.6. The summed E-state index contributed by atoms with van der Waals surface area (Å²) in [7, 11) is 0. The lowest BCUT2D eigenvalue weighted by atomic mass is 10.1. The molecule has 0 unspecified atom stereocenters. The van der Waals surface area contributed by atoms with Gasteiger partial charge in [0.05, 0.1) is 5.69 Å². The van der Waals surface area contributed by atoms with Crippen molar-refractivity contribution in [2.24, 2.45) is 0 Å². The first-order valence-electron chi connectivity index (χ1n) is 6.38. The molecule has 1 N–H and O–H groups in total. The monoisotopic (exact) mass is 417 g/mol. The third kappa shape index (κ3) is 3.20. The molecule has 10 heteroatoms. The molecule has 3 rings (SSSR count). The number of aromatic nitrogens is 3. The molecule has 2 heterocycles. The fraction of sp³-hybridized carbons (Fsp3) is 0.0714. The number of benzene rings is 1. The lowest BCUT2D eigenvalue weighted by Crippen LogP contribution is -2.13. The number of aromatic carboxylic acids is 1. The van der Waals surface area contributed by atoms with Gasteiger partial charge in [-0.3, -0.25) is 0 Å². The maximum atomic E-state index is 13.3. The zero-order valence-corrected chi connectivity index (χ0v) is 14.0. The summed E-state index contributed by atoms with van der Waals surface area (Å²) < 4.78 is 41.3. The highest BCUT2D eigenvalue weighted by atomic mass is 79.9. The number of carboxylic acid groups (broad SMARTS) is 1. The smallest absolute Gasteiger partial charge is 0.433 e. The van der Waals surface area contributed by atoms with Gasteiger partial charge in [0, 0.05) is 15.4 Å². The molecule has 0 saturated heterocycles. The van der Waals surface area contributed by atoms with Crippen molar-refractivity contribution in [1.82, 2.24) is 14.8 Å². The maximum absolute atomic E-state index is 13.3. The van der Waals surface area contributed by atoms with Crippen LogP contribution in [0.2, 0.25) is 0 Å². The second-order valence-electron chi connectivity index (χ2n) is 4.65. The fourth-order valence-electron chi connectivity index (χ4n) is 1.95. The Morgan fingerprint density at radius 1 is 1.25 bits per heavy atom. The van der Waals surface area contributed by atoms with Crippen LogP contribution in [0.25, 0.3) is 16.4 Å². The molecule has 0 amide bonds. The second kappa shape index (κ2) is 6.02. The standard InChI is InChI=1S/C14H7BrF3N3O2S/c15-8-3-1-7(2-4-8)9-5-11(14(16,17)18)21(20-9)13-19-10(6-24-13)12(22)23/h1-6H,(H,22,23). The van der Waals surface area contributed by atoms with E-state index in [1.807, 2.05) is 0 Å². The summed E-state index contributed by atoms with van der Waals surface area (Å²) >= 11 is 4.03. The summed E-state index contributed by atoms with van der Waals surface area (Å²) in [6, 6.07) is 7.54. The topological polar surface area (TPSA) is 68.0 Å². The Balaban J connectivity index is 2.13. The van der Waals surface area contributed by atoms with Gasteiger partial charge in [0.25, 0.3) is 0 Å². The summed E-state index contributed by atoms with van der Waals surface area (Å²) in [5.74, 6) is -1.31. The van der Waals surface area contributed by atoms with Crippen molar-refractivity contribution < 1.29 is 23.1 Å². The van der Waals surface area contributed by atoms with E-state index in [1.54, 1.807) is 24.3 Å². The molecule has 1 aromatic carbocycles. The lowest BCUT2D eigenvalue weighted by molar-refractivity contribution is -0.142. The zero-order chi connectivity index (χ0) is 17.5. The van der Waals surface area contributed by atoms with Crippen LogP contribution in [0.1, 0.15) is 16.2 Å². The molecular weight excluding hydrogens is 411 g/mol. The molecule has 0 atom stereocenters. The number of carboxylic acids is 1. The molecule has 0 saturated carbocycles. The normalized spacial score (nSPS) is 11.7. The van der Waals surface area contributed by atoms with Crippen LogP contribution in [0, 0.1) is 0 Å². The van der Waals surface area contributed by atoms with Crippen LogP contribution in [0.15, 0.2) is 40.2 Å². The second-order valence-corrected chi connectivity index (χ2v) is 6.40. The number of halogens is 4. The highest BCUT2D eigenvalue weighted by molar-refractivity contribution is 9.10. The predicted octanol–water partition coefficient (Wildman–Crippen LogP) is 4.48. The third-order valence-corrected chi connectivity index (χ3v) is 4.38. The predicted molar refractivity (Wildman–Crippen MR) is 84.3 cm³/mol. The molecule has 0 bridgehead atoms. The van der Waals surface area contributed by atoms with Crippen molar-refractivity contribution in [3.05, 3.63) is 51.6 Å². The average Bonchev–Trinajstić information content (AvgIpc) is 3.14. The fourth-order valence-corrected chi connectivity index (χ4v) is 2.98. The average molecular weight is 418 g/mol. The van der Waals surface area contributed by atoms with Gasteiger partial charge >= 0.3 is 12.1 Å². The molecule has 0 radical (unpaired) electrons. The molecule has 5 nitrogen and oxygen atoms in total. The Hall–Kier alpha value is -2.20. The van der Waals surface area contributed by atoms with Gasteiger partial charge in [-0.25, -0.2) is 14.5 Å². The van der Waals surface area contributed by atoms with Gasteiger partial charge in [0.1, 0.15) is 0 Å². The highest BCUT2D eigenvalue weighted by Crippen LogP contribution is 2.34. The Morgan fingerprint density at radius 3 is 2.46 bits per heavy atom. The summed E-state index contributed by atoms with van der Waals surface area (Å²) in [5, 5.41) is 13.8. The van der Waals surface area contributed by atoms with Crippen molar-refractivity contribution >= 4 is 33.2 Å². The first kappa shape index (κ1) is 16.7. The molecule has 24 heavy (non-hydrogen) atoms. The number of thiazole rings is 1. The van der Waals surface area contributed by atoms with Crippen LogP contribution in [-0.4, -0.2) is 25.8 Å². The summed E-state index contributed by atoms with van der Waals surface area (Å²) in [6.07, 6.45) is -4.66. The zero-order valence-electron chi connectivity index (χ0n) is 11.6. The molecule has 3 aromatic rings. The number of rotatable bonds is 3. The van der Waals surface area contributed by atoms with E-state index in [2.05, 4.69) is 26.0 Å². The van der Waals surface area contributed by atoms with Crippen molar-refractivity contribution in [3.63, 3.8) is 0 Å². The molecule has 0 spiro atoms. The minimum Gasteiger partial charge on any atom is -0.476 e. The molecule has 0 aliphatic carbocycles. The van der Waals surface area contributed by atoms with E-state index in [4.69, 9.17) is 5.11 Å². The first-order valence-corrected chi connectivity index (χ1v) is 8.05. The SMILES string of the molecule is O=C(O)c1csc(-n2nc(-c3ccc(Br)cc3)cc2C(F)(F)F)n1. The van der Waals surface area contributed by atoms with Gasteiger partial charge in [-0.15, -0.1) is 11.3 Å². The van der Waals surface area contributed by atoms with Gasteiger partial charge < -0.3 is 5.11 Å². The minimum atomic E-state index is -4.66. The molecule has 124 valence electrons. The van der Waals surface area contributed by atoms with Crippen LogP contribution in [0.5, 0.6) is 0 Å². The van der Waals surface area contributed by atoms with E-state index in [-0.39, 0.29) is 16.5 Å². The molecule has 2 aromatic heterocycles. The lowest BCUT2D eigenvalue weighted by Gasteiger charge is -2.06. The summed E-state index contributed by atoms with van der Waals surface area (Å²) in [5.41, 5.74) is -0.741. The van der Waals surface area contributed by atoms with Gasteiger partial charge in [-0.05, 0) is 18.2 Å². The van der Waals surface area contributed by atoms with Gasteiger partial charge in [0.15, 0.2) is 11.4 Å². The van der Waals surface area contributed by atoms with E-state index in [9.17, 15) is 18.0 Å². The van der Waals surface area contributed by atoms with Crippen LogP contribution in [0.4, 0.5) is 13.2 Å². The number of hydrogen-bond donors (Lipinski definition) is 1. The van der Waals surface area contributed by atoms with E-state index in [0.29, 0.717) is 10.2 Å². The third-order valence-electron chi connectivity index (χ3n) is 3.03. The molecule has 0 fully saturated rings. The van der Waals surface area contributed by atoms with Crippen LogP contribution in [-0.2, 0) is 6.18 Å². The van der Waals surface area contributed by atoms with Crippen molar-refractivity contribution in [1.29, 1.82) is 0 Å². The largest absolute Gasteiger partial charge is 0.476 e.